The van der Waals surface area contributed by atoms with Crippen molar-refractivity contribution in [3.05, 3.63) is 65.7 Å². The number of carbonyl (C=O) groups is 2. The first-order valence-electron chi connectivity index (χ1n) is 11.1. The molecule has 2 aliphatic rings. The van der Waals surface area contributed by atoms with Crippen LogP contribution in [-0.2, 0) is 4.74 Å². The van der Waals surface area contributed by atoms with Crippen LogP contribution in [0.5, 0.6) is 5.75 Å². The number of ether oxygens (including phenoxy) is 2. The molecule has 31 heavy (non-hydrogen) atoms. The fourth-order valence-electron chi connectivity index (χ4n) is 4.51. The molecule has 0 bridgehead atoms. The van der Waals surface area contributed by atoms with Crippen LogP contribution >= 0.6 is 0 Å². The summed E-state index contributed by atoms with van der Waals surface area (Å²) < 4.78 is 11.2. The topological polar surface area (TPSA) is 59.1 Å². The van der Waals surface area contributed by atoms with Crippen LogP contribution in [-0.4, -0.2) is 67.1 Å². The van der Waals surface area contributed by atoms with Crippen molar-refractivity contribution in [1.82, 2.24) is 9.80 Å². The third-order valence-electron chi connectivity index (χ3n) is 6.21. The molecule has 1 saturated heterocycles. The zero-order valence-corrected chi connectivity index (χ0v) is 18.0. The van der Waals surface area contributed by atoms with Gasteiger partial charge in [-0.1, -0.05) is 31.0 Å². The Labute approximate surface area is 183 Å². The first-order valence-corrected chi connectivity index (χ1v) is 11.1. The van der Waals surface area contributed by atoms with Gasteiger partial charge in [-0.3, -0.25) is 9.59 Å². The number of methoxy groups -OCH3 is 1. The van der Waals surface area contributed by atoms with Crippen molar-refractivity contribution in [2.45, 2.75) is 37.8 Å². The second-order valence-electron chi connectivity index (χ2n) is 8.23. The molecule has 2 aromatic rings. The lowest BCUT2D eigenvalue weighted by molar-refractivity contribution is -0.0370. The zero-order valence-electron chi connectivity index (χ0n) is 18.0. The van der Waals surface area contributed by atoms with Crippen molar-refractivity contribution in [2.24, 2.45) is 0 Å². The first-order chi connectivity index (χ1) is 15.2. The predicted molar refractivity (Wildman–Crippen MR) is 118 cm³/mol. The molecular weight excluding hydrogens is 392 g/mol. The van der Waals surface area contributed by atoms with Gasteiger partial charge < -0.3 is 19.3 Å². The molecule has 4 rings (SSSR count). The van der Waals surface area contributed by atoms with Gasteiger partial charge in [-0.25, -0.2) is 0 Å². The fourth-order valence-corrected chi connectivity index (χ4v) is 4.51. The summed E-state index contributed by atoms with van der Waals surface area (Å²) in [6.45, 7) is 2.04. The minimum Gasteiger partial charge on any atom is -0.497 e. The Hall–Kier alpha value is -2.86. The van der Waals surface area contributed by atoms with Gasteiger partial charge in [0.2, 0.25) is 0 Å². The lowest BCUT2D eigenvalue weighted by Crippen LogP contribution is -2.52. The van der Waals surface area contributed by atoms with Gasteiger partial charge in [0.1, 0.15) is 5.75 Å². The minimum atomic E-state index is -0.191. The normalized spacial score (nSPS) is 19.3. The quantitative estimate of drug-likeness (QED) is 0.714. The summed E-state index contributed by atoms with van der Waals surface area (Å²) in [5, 5.41) is 0. The molecule has 1 aliphatic heterocycles. The Balaban J connectivity index is 1.47. The van der Waals surface area contributed by atoms with Crippen molar-refractivity contribution in [3.8, 4) is 5.75 Å². The van der Waals surface area contributed by atoms with E-state index in [9.17, 15) is 9.59 Å². The molecule has 6 nitrogen and oxygen atoms in total. The first kappa shape index (κ1) is 21.4. The van der Waals surface area contributed by atoms with E-state index in [1.807, 2.05) is 64.4 Å². The van der Waals surface area contributed by atoms with E-state index < -0.39 is 0 Å². The molecule has 2 amide bonds. The Morgan fingerprint density at radius 1 is 1.03 bits per heavy atom. The van der Waals surface area contributed by atoms with Crippen molar-refractivity contribution in [1.29, 1.82) is 0 Å². The highest BCUT2D eigenvalue weighted by Gasteiger charge is 2.32. The van der Waals surface area contributed by atoms with Gasteiger partial charge in [-0.2, -0.15) is 0 Å². The van der Waals surface area contributed by atoms with E-state index in [2.05, 4.69) is 0 Å². The molecule has 0 spiro atoms. The van der Waals surface area contributed by atoms with Gasteiger partial charge in [-0.15, -0.1) is 0 Å². The van der Waals surface area contributed by atoms with E-state index in [1.54, 1.807) is 7.11 Å². The minimum absolute atomic E-state index is 0.0165. The Morgan fingerprint density at radius 3 is 2.42 bits per heavy atom. The highest BCUT2D eigenvalue weighted by Crippen LogP contribution is 2.26. The van der Waals surface area contributed by atoms with Crippen LogP contribution in [0.15, 0.2) is 54.6 Å². The van der Waals surface area contributed by atoms with E-state index in [0.717, 1.165) is 31.4 Å². The molecule has 1 unspecified atom stereocenters. The van der Waals surface area contributed by atoms with Crippen LogP contribution in [0.2, 0.25) is 0 Å². The lowest BCUT2D eigenvalue weighted by atomic mass is 10.1. The molecule has 1 aliphatic carbocycles. The fraction of sp³-hybridized carbons (Fsp3) is 0.440. The Morgan fingerprint density at radius 2 is 1.74 bits per heavy atom. The molecule has 0 N–H and O–H groups in total. The van der Waals surface area contributed by atoms with Crippen LogP contribution in [0.25, 0.3) is 0 Å². The van der Waals surface area contributed by atoms with E-state index in [4.69, 9.17) is 9.47 Å². The van der Waals surface area contributed by atoms with Crippen LogP contribution < -0.4 is 4.74 Å². The third kappa shape index (κ3) is 5.07. The molecule has 6 heteroatoms. The second-order valence-corrected chi connectivity index (χ2v) is 8.23. The standard InChI is InChI=1S/C25H30N2O4/c1-30-22-13-11-20(12-14-22)25(29)27(21-9-5-6-10-21)18-23-17-26(15-16-31-23)24(28)19-7-3-2-4-8-19/h2-4,7-8,11-14,21,23H,5-6,9-10,15-18H2,1H3. The monoisotopic (exact) mass is 422 g/mol. The summed E-state index contributed by atoms with van der Waals surface area (Å²) in [7, 11) is 1.62. The molecule has 164 valence electrons. The van der Waals surface area contributed by atoms with Crippen LogP contribution in [0.3, 0.4) is 0 Å². The van der Waals surface area contributed by atoms with Gasteiger partial charge in [-0.05, 0) is 49.2 Å². The van der Waals surface area contributed by atoms with E-state index >= 15 is 0 Å². The van der Waals surface area contributed by atoms with Crippen molar-refractivity contribution >= 4 is 11.8 Å². The summed E-state index contributed by atoms with van der Waals surface area (Å²) in [6, 6.07) is 16.8. The number of morpholine rings is 1. The largest absolute Gasteiger partial charge is 0.497 e. The molecule has 2 fully saturated rings. The van der Waals surface area contributed by atoms with Crippen LogP contribution in [0.4, 0.5) is 0 Å². The number of amides is 2. The highest BCUT2D eigenvalue weighted by molar-refractivity contribution is 5.95. The van der Waals surface area contributed by atoms with E-state index in [-0.39, 0.29) is 24.0 Å². The molecule has 1 heterocycles. The maximum Gasteiger partial charge on any atom is 0.254 e. The van der Waals surface area contributed by atoms with Crippen molar-refractivity contribution < 1.29 is 19.1 Å². The maximum atomic E-state index is 13.4. The molecular formula is C25H30N2O4. The molecule has 0 aromatic heterocycles. The van der Waals surface area contributed by atoms with Gasteiger partial charge in [0.05, 0.1) is 19.8 Å². The van der Waals surface area contributed by atoms with Crippen molar-refractivity contribution in [3.63, 3.8) is 0 Å². The Bertz CT molecular complexity index is 878. The number of carbonyl (C=O) groups excluding carboxylic acids is 2. The summed E-state index contributed by atoms with van der Waals surface area (Å²) in [4.78, 5) is 30.1. The molecule has 1 saturated carbocycles. The number of hydrogen-bond donors (Lipinski definition) is 0. The van der Waals surface area contributed by atoms with Crippen molar-refractivity contribution in [2.75, 3.05) is 33.4 Å². The smallest absolute Gasteiger partial charge is 0.254 e. The highest BCUT2D eigenvalue weighted by atomic mass is 16.5. The van der Waals surface area contributed by atoms with Gasteiger partial charge in [0.25, 0.3) is 11.8 Å². The third-order valence-corrected chi connectivity index (χ3v) is 6.21. The average Bonchev–Trinajstić information content (AvgIpc) is 3.37. The van der Waals surface area contributed by atoms with E-state index in [0.29, 0.717) is 37.4 Å². The molecule has 0 radical (unpaired) electrons. The molecule has 2 aromatic carbocycles. The molecule has 1 atom stereocenters. The van der Waals surface area contributed by atoms with Gasteiger partial charge >= 0.3 is 0 Å². The summed E-state index contributed by atoms with van der Waals surface area (Å²) >= 11 is 0. The zero-order chi connectivity index (χ0) is 21.6. The SMILES string of the molecule is COc1ccc(C(=O)N(CC2CN(C(=O)c3ccccc3)CCO2)C2CCCC2)cc1. The maximum absolute atomic E-state index is 13.4. The predicted octanol–water partition coefficient (Wildman–Crippen LogP) is 3.62. The second kappa shape index (κ2) is 9.96. The summed E-state index contributed by atoms with van der Waals surface area (Å²) in [5.74, 6) is 0.766. The summed E-state index contributed by atoms with van der Waals surface area (Å²) in [5.41, 5.74) is 1.34. The lowest BCUT2D eigenvalue weighted by Gasteiger charge is -2.38. The number of hydrogen-bond acceptors (Lipinski definition) is 4. The average molecular weight is 423 g/mol. The summed E-state index contributed by atoms with van der Waals surface area (Å²) in [6.07, 6.45) is 4.12. The van der Waals surface area contributed by atoms with E-state index in [1.165, 1.54) is 0 Å². The van der Waals surface area contributed by atoms with Crippen LogP contribution in [0.1, 0.15) is 46.4 Å². The number of nitrogens with zero attached hydrogens (tertiary/aromatic N) is 2. The Kier molecular flexibility index (Phi) is 6.87. The number of rotatable bonds is 6. The van der Waals surface area contributed by atoms with Gasteiger partial charge in [0, 0.05) is 36.8 Å². The van der Waals surface area contributed by atoms with Crippen LogP contribution in [0, 0.1) is 0 Å². The van der Waals surface area contributed by atoms with Gasteiger partial charge in [0.15, 0.2) is 0 Å². The number of benzene rings is 2.